The van der Waals surface area contributed by atoms with Crippen LogP contribution in [-0.2, 0) is 20.8 Å². The average Bonchev–Trinajstić information content (AvgIpc) is 3.60. The first-order chi connectivity index (χ1) is 18.9. The van der Waals surface area contributed by atoms with Crippen molar-refractivity contribution in [3.05, 3.63) is 18.7 Å². The lowest BCUT2D eigenvalue weighted by atomic mass is 10.2. The molecule has 4 heterocycles. The minimum atomic E-state index is -0.939. The molecule has 2 aliphatic rings. The Labute approximate surface area is 232 Å². The van der Waals surface area contributed by atoms with E-state index < -0.39 is 23.4 Å². The Bertz CT molecular complexity index is 1350. The molecular weight excluding hydrogens is 516 g/mol. The first-order valence-corrected chi connectivity index (χ1v) is 13.5. The van der Waals surface area contributed by atoms with Crippen molar-refractivity contribution in [2.75, 3.05) is 36.1 Å². The number of imide groups is 1. The second-order valence-electron chi connectivity index (χ2n) is 12.1. The van der Waals surface area contributed by atoms with Crippen molar-refractivity contribution in [1.82, 2.24) is 29.5 Å². The third kappa shape index (κ3) is 6.46. The minimum absolute atomic E-state index is 0.180. The third-order valence-corrected chi connectivity index (χ3v) is 6.16. The van der Waals surface area contributed by atoms with E-state index >= 15 is 0 Å². The number of hydrogen-bond donors (Lipinski definition) is 0. The van der Waals surface area contributed by atoms with Crippen molar-refractivity contribution in [3.63, 3.8) is 0 Å². The summed E-state index contributed by atoms with van der Waals surface area (Å²) in [5.74, 6) is 1.60. The van der Waals surface area contributed by atoms with Gasteiger partial charge in [0.25, 0.3) is 0 Å². The summed E-state index contributed by atoms with van der Waals surface area (Å²) >= 11 is 0. The number of anilines is 2. The Balaban J connectivity index is 1.51. The molecule has 3 aromatic heterocycles. The summed E-state index contributed by atoms with van der Waals surface area (Å²) in [5.41, 5.74) is 0.309. The van der Waals surface area contributed by atoms with Crippen LogP contribution in [0.3, 0.4) is 0 Å². The summed E-state index contributed by atoms with van der Waals surface area (Å²) in [6.45, 7) is 13.7. The highest BCUT2D eigenvalue weighted by Gasteiger charge is 2.35. The van der Waals surface area contributed by atoms with E-state index in [1.807, 2.05) is 6.33 Å². The molecule has 5 rings (SSSR count). The second kappa shape index (κ2) is 10.6. The van der Waals surface area contributed by atoms with Crippen LogP contribution >= 0.6 is 0 Å². The molecule has 3 aromatic rings. The fourth-order valence-electron chi connectivity index (χ4n) is 4.17. The molecule has 2 amide bonds. The zero-order valence-corrected chi connectivity index (χ0v) is 23.9. The molecular formula is C27H36N8O5. The molecule has 0 bridgehead atoms. The van der Waals surface area contributed by atoms with Crippen LogP contribution in [0.15, 0.2) is 18.7 Å². The largest absolute Gasteiger partial charge is 0.443 e. The number of carbonyl (C=O) groups is 2. The van der Waals surface area contributed by atoms with Gasteiger partial charge in [-0.2, -0.15) is 0 Å². The summed E-state index contributed by atoms with van der Waals surface area (Å²) in [7, 11) is 0. The van der Waals surface area contributed by atoms with Crippen molar-refractivity contribution >= 4 is 35.1 Å². The Morgan fingerprint density at radius 2 is 1.55 bits per heavy atom. The van der Waals surface area contributed by atoms with E-state index in [9.17, 15) is 9.59 Å². The zero-order chi connectivity index (χ0) is 28.7. The van der Waals surface area contributed by atoms with Crippen LogP contribution in [0.5, 0.6) is 0 Å². The Hall–Kier alpha value is -3.87. The Morgan fingerprint density at radius 3 is 2.10 bits per heavy atom. The molecule has 0 unspecified atom stereocenters. The van der Waals surface area contributed by atoms with Gasteiger partial charge in [-0.25, -0.2) is 34.5 Å². The lowest BCUT2D eigenvalue weighted by Crippen LogP contribution is -2.44. The summed E-state index contributed by atoms with van der Waals surface area (Å²) < 4.78 is 18.5. The van der Waals surface area contributed by atoms with Crippen molar-refractivity contribution in [3.8, 4) is 11.4 Å². The maximum atomic E-state index is 13.0. The number of fused-ring (bicyclic) bond motifs is 1. The van der Waals surface area contributed by atoms with Crippen LogP contribution in [-0.4, -0.2) is 79.2 Å². The molecule has 0 N–H and O–H groups in total. The van der Waals surface area contributed by atoms with Gasteiger partial charge in [0, 0.05) is 32.0 Å². The van der Waals surface area contributed by atoms with Gasteiger partial charge in [0.2, 0.25) is 5.95 Å². The lowest BCUT2D eigenvalue weighted by molar-refractivity contribution is 0.0427. The van der Waals surface area contributed by atoms with Gasteiger partial charge in [-0.15, -0.1) is 4.90 Å². The van der Waals surface area contributed by atoms with Gasteiger partial charge in [0.05, 0.1) is 25.1 Å². The molecule has 40 heavy (non-hydrogen) atoms. The van der Waals surface area contributed by atoms with Gasteiger partial charge in [-0.05, 0) is 60.3 Å². The average molecular weight is 553 g/mol. The van der Waals surface area contributed by atoms with Crippen molar-refractivity contribution in [2.45, 2.75) is 72.1 Å². The van der Waals surface area contributed by atoms with Crippen molar-refractivity contribution in [1.29, 1.82) is 0 Å². The number of aromatic nitrogens is 6. The van der Waals surface area contributed by atoms with Gasteiger partial charge in [0.15, 0.2) is 22.8 Å². The summed E-state index contributed by atoms with van der Waals surface area (Å²) in [5, 5.41) is 0. The maximum Gasteiger partial charge on any atom is 0.427 e. The molecule has 1 aliphatic carbocycles. The highest BCUT2D eigenvalue weighted by atomic mass is 16.6. The number of morpholine rings is 1. The first kappa shape index (κ1) is 27.7. The zero-order valence-electron chi connectivity index (χ0n) is 23.9. The molecule has 2 fully saturated rings. The lowest BCUT2D eigenvalue weighted by Gasteiger charge is -2.28. The topological polar surface area (TPSA) is 138 Å². The van der Waals surface area contributed by atoms with Crippen molar-refractivity contribution in [2.24, 2.45) is 5.92 Å². The fraction of sp³-hybridized carbons (Fsp3) is 0.593. The van der Waals surface area contributed by atoms with Gasteiger partial charge in [-0.1, -0.05) is 0 Å². The molecule has 1 aliphatic heterocycles. The predicted molar refractivity (Wildman–Crippen MR) is 147 cm³/mol. The van der Waals surface area contributed by atoms with Crippen LogP contribution in [0.1, 0.15) is 54.4 Å². The molecule has 13 heteroatoms. The standard InChI is InChI=1S/C27H36N8O5/c1-26(2,3)39-24(36)35(25(37)40-27(4,5)6)23-28-13-18(14-29-23)20-31-21(33-9-11-38-12-10-33)19-22(32-20)34(16-30-19)15-17-7-8-17/h13-14,16-17H,7-12,15H2,1-6H3. The molecule has 0 aromatic carbocycles. The normalized spacial score (nSPS) is 16.2. The molecule has 0 radical (unpaired) electrons. The quantitative estimate of drug-likeness (QED) is 0.450. The highest BCUT2D eigenvalue weighted by Crippen LogP contribution is 2.33. The van der Waals surface area contributed by atoms with Crippen LogP contribution in [0, 0.1) is 5.92 Å². The van der Waals surface area contributed by atoms with Crippen LogP contribution in [0.25, 0.3) is 22.6 Å². The van der Waals surface area contributed by atoms with E-state index in [-0.39, 0.29) is 5.95 Å². The van der Waals surface area contributed by atoms with Gasteiger partial charge >= 0.3 is 12.2 Å². The highest BCUT2D eigenvalue weighted by molar-refractivity contribution is 6.08. The molecule has 214 valence electrons. The van der Waals surface area contributed by atoms with Gasteiger partial charge in [-0.3, -0.25) is 0 Å². The number of rotatable bonds is 5. The molecule has 0 spiro atoms. The van der Waals surface area contributed by atoms with Gasteiger partial charge < -0.3 is 23.7 Å². The monoisotopic (exact) mass is 552 g/mol. The molecule has 0 atom stereocenters. The summed E-state index contributed by atoms with van der Waals surface area (Å²) in [4.78, 5) is 51.8. The predicted octanol–water partition coefficient (Wildman–Crippen LogP) is 4.21. The van der Waals surface area contributed by atoms with Gasteiger partial charge in [0.1, 0.15) is 11.2 Å². The number of hydrogen-bond acceptors (Lipinski definition) is 11. The van der Waals surface area contributed by atoms with E-state index in [2.05, 4.69) is 24.4 Å². The molecule has 1 saturated heterocycles. The number of amides is 2. The Morgan fingerprint density at radius 1 is 0.950 bits per heavy atom. The van der Waals surface area contributed by atoms with E-state index in [4.69, 9.17) is 24.2 Å². The maximum absolute atomic E-state index is 13.0. The second-order valence-corrected chi connectivity index (χ2v) is 12.1. The number of imidazole rings is 1. The van der Waals surface area contributed by atoms with Crippen LogP contribution < -0.4 is 9.80 Å². The molecule has 1 saturated carbocycles. The SMILES string of the molecule is CC(C)(C)OC(=O)N(C(=O)OC(C)(C)C)c1ncc(-c2nc(N3CCOCC3)c3ncn(CC4CC4)c3n2)cn1. The smallest absolute Gasteiger partial charge is 0.427 e. The summed E-state index contributed by atoms with van der Waals surface area (Å²) in [6, 6.07) is 0. The Kier molecular flexibility index (Phi) is 7.34. The first-order valence-electron chi connectivity index (χ1n) is 13.5. The summed E-state index contributed by atoms with van der Waals surface area (Å²) in [6.07, 6.45) is 5.32. The van der Waals surface area contributed by atoms with Crippen LogP contribution in [0.4, 0.5) is 21.4 Å². The van der Waals surface area contributed by atoms with E-state index in [1.54, 1.807) is 41.5 Å². The fourth-order valence-corrected chi connectivity index (χ4v) is 4.17. The molecule has 13 nitrogen and oxygen atoms in total. The minimum Gasteiger partial charge on any atom is -0.443 e. The van der Waals surface area contributed by atoms with Crippen molar-refractivity contribution < 1.29 is 23.8 Å². The number of carbonyl (C=O) groups excluding carboxylic acids is 2. The van der Waals surface area contributed by atoms with E-state index in [1.165, 1.54) is 25.2 Å². The van der Waals surface area contributed by atoms with Crippen LogP contribution in [0.2, 0.25) is 0 Å². The number of nitrogens with zero attached hydrogens (tertiary/aromatic N) is 8. The third-order valence-electron chi connectivity index (χ3n) is 6.16. The van der Waals surface area contributed by atoms with E-state index in [0.717, 1.165) is 23.5 Å². The van der Waals surface area contributed by atoms with E-state index in [0.29, 0.717) is 48.5 Å². The number of ether oxygens (including phenoxy) is 3.